The number of hydrogen-bond donors (Lipinski definition) is 1. The molecule has 25 heavy (non-hydrogen) atoms. The van der Waals surface area contributed by atoms with Gasteiger partial charge in [0.05, 0.1) is 24.0 Å². The molecule has 0 fully saturated rings. The van der Waals surface area contributed by atoms with E-state index in [0.29, 0.717) is 17.8 Å². The van der Waals surface area contributed by atoms with Crippen molar-refractivity contribution in [2.45, 2.75) is 39.3 Å². The third-order valence-electron chi connectivity index (χ3n) is 4.09. The second kappa shape index (κ2) is 6.72. The highest BCUT2D eigenvalue weighted by molar-refractivity contribution is 5.32. The van der Waals surface area contributed by atoms with Gasteiger partial charge >= 0.3 is 0 Å². The molecule has 0 saturated carbocycles. The highest BCUT2D eigenvalue weighted by Gasteiger charge is 2.33. The third kappa shape index (κ3) is 3.74. The Labute approximate surface area is 145 Å². The Morgan fingerprint density at radius 3 is 2.64 bits per heavy atom. The first kappa shape index (κ1) is 17.2. The molecule has 1 N–H and O–H groups in total. The average molecular weight is 344 g/mol. The molecule has 3 aromatic rings. The molecule has 1 aromatic carbocycles. The summed E-state index contributed by atoms with van der Waals surface area (Å²) in [6.07, 6.45) is 4.39. The van der Waals surface area contributed by atoms with E-state index >= 15 is 0 Å². The Bertz CT molecular complexity index is 824. The number of rotatable bonds is 5. The minimum absolute atomic E-state index is 0.329. The van der Waals surface area contributed by atoms with Crippen LogP contribution in [-0.4, -0.2) is 41.0 Å². The molecule has 2 unspecified atom stereocenters. The summed E-state index contributed by atoms with van der Waals surface area (Å²) in [6, 6.07) is 6.01. The molecule has 0 aliphatic heterocycles. The molecule has 2 atom stereocenters. The molecule has 0 bridgehead atoms. The maximum atomic E-state index is 13.9. The van der Waals surface area contributed by atoms with E-state index < -0.39 is 6.10 Å². The molecule has 132 valence electrons. The van der Waals surface area contributed by atoms with Gasteiger partial charge in [0.1, 0.15) is 24.2 Å². The molecule has 7 nitrogen and oxygen atoms in total. The van der Waals surface area contributed by atoms with Crippen LogP contribution in [-0.2, 0) is 6.42 Å². The van der Waals surface area contributed by atoms with Gasteiger partial charge in [-0.3, -0.25) is 0 Å². The van der Waals surface area contributed by atoms with Crippen molar-refractivity contribution in [3.63, 3.8) is 0 Å². The van der Waals surface area contributed by atoms with Crippen LogP contribution in [0.5, 0.6) is 0 Å². The number of para-hydroxylation sites is 1. The van der Waals surface area contributed by atoms with Crippen LogP contribution in [0, 0.1) is 11.2 Å². The van der Waals surface area contributed by atoms with Gasteiger partial charge < -0.3 is 5.11 Å². The summed E-state index contributed by atoms with van der Waals surface area (Å²) in [5.74, 6) is -0.374. The Kier molecular flexibility index (Phi) is 4.63. The lowest BCUT2D eigenvalue weighted by molar-refractivity contribution is 0.0121. The number of hydrogen-bond acceptors (Lipinski definition) is 5. The first-order chi connectivity index (χ1) is 11.9. The number of benzene rings is 1. The Morgan fingerprint density at radius 2 is 2.00 bits per heavy atom. The molecular formula is C17H21FN6O. The molecular weight excluding hydrogens is 323 g/mol. The molecule has 0 aliphatic carbocycles. The van der Waals surface area contributed by atoms with Crippen molar-refractivity contribution < 1.29 is 9.50 Å². The predicted octanol–water partition coefficient (Wildman–Crippen LogP) is 2.19. The molecule has 0 saturated heterocycles. The summed E-state index contributed by atoms with van der Waals surface area (Å²) < 4.78 is 16.9. The summed E-state index contributed by atoms with van der Waals surface area (Å²) >= 11 is 0. The van der Waals surface area contributed by atoms with Gasteiger partial charge in [-0.1, -0.05) is 38.1 Å². The molecule has 8 heteroatoms. The number of aliphatic hydroxyl groups excluding tert-OH is 1. The van der Waals surface area contributed by atoms with Crippen LogP contribution in [0.2, 0.25) is 0 Å². The fourth-order valence-electron chi connectivity index (χ4n) is 2.68. The lowest BCUT2D eigenvalue weighted by Gasteiger charge is -2.32. The van der Waals surface area contributed by atoms with Gasteiger partial charge in [-0.25, -0.2) is 18.7 Å². The van der Waals surface area contributed by atoms with Gasteiger partial charge in [0.25, 0.3) is 0 Å². The summed E-state index contributed by atoms with van der Waals surface area (Å²) in [5.41, 5.74) is 0.611. The Hall–Kier alpha value is -2.61. The lowest BCUT2D eigenvalue weighted by atomic mass is 9.83. The van der Waals surface area contributed by atoms with E-state index in [0.717, 1.165) is 0 Å². The Morgan fingerprint density at radius 1 is 1.24 bits per heavy atom. The third-order valence-corrected chi connectivity index (χ3v) is 4.09. The van der Waals surface area contributed by atoms with Crippen LogP contribution in [0.15, 0.2) is 43.1 Å². The van der Waals surface area contributed by atoms with E-state index in [1.165, 1.54) is 17.1 Å². The molecule has 0 radical (unpaired) electrons. The van der Waals surface area contributed by atoms with Crippen molar-refractivity contribution >= 4 is 0 Å². The maximum absolute atomic E-state index is 13.9. The number of aliphatic hydroxyl groups is 1. The normalized spacial score (nSPS) is 14.4. The van der Waals surface area contributed by atoms with Crippen molar-refractivity contribution in [1.29, 1.82) is 0 Å². The Balaban J connectivity index is 1.87. The van der Waals surface area contributed by atoms with E-state index in [9.17, 15) is 9.50 Å². The summed E-state index contributed by atoms with van der Waals surface area (Å²) in [4.78, 5) is 3.96. The monoisotopic (exact) mass is 344 g/mol. The first-order valence-corrected chi connectivity index (χ1v) is 8.04. The van der Waals surface area contributed by atoms with Crippen molar-refractivity contribution in [2.75, 3.05) is 0 Å². The van der Waals surface area contributed by atoms with Crippen molar-refractivity contribution in [2.24, 2.45) is 5.41 Å². The summed E-state index contributed by atoms with van der Waals surface area (Å²) in [7, 11) is 0. The molecule has 2 aromatic heterocycles. The maximum Gasteiger partial charge on any atom is 0.148 e. The predicted molar refractivity (Wildman–Crippen MR) is 89.5 cm³/mol. The fraction of sp³-hybridized carbons (Fsp3) is 0.412. The highest BCUT2D eigenvalue weighted by Crippen LogP contribution is 2.30. The van der Waals surface area contributed by atoms with Gasteiger partial charge in [0.2, 0.25) is 0 Å². The minimum Gasteiger partial charge on any atom is -0.390 e. The van der Waals surface area contributed by atoms with E-state index in [1.807, 2.05) is 20.8 Å². The largest absolute Gasteiger partial charge is 0.390 e. The van der Waals surface area contributed by atoms with E-state index in [4.69, 9.17) is 0 Å². The summed E-state index contributed by atoms with van der Waals surface area (Å²) in [5, 5.41) is 23.0. The van der Waals surface area contributed by atoms with Crippen LogP contribution < -0.4 is 0 Å². The minimum atomic E-state index is -0.673. The molecule has 0 aliphatic rings. The van der Waals surface area contributed by atoms with E-state index in [1.54, 1.807) is 35.4 Å². The van der Waals surface area contributed by atoms with Crippen molar-refractivity contribution in [3.05, 3.63) is 54.6 Å². The van der Waals surface area contributed by atoms with Crippen LogP contribution in [0.3, 0.4) is 0 Å². The van der Waals surface area contributed by atoms with Crippen LogP contribution in [0.4, 0.5) is 4.39 Å². The lowest BCUT2D eigenvalue weighted by Crippen LogP contribution is -2.37. The van der Waals surface area contributed by atoms with Gasteiger partial charge in [0.15, 0.2) is 0 Å². The number of aromatic nitrogens is 6. The molecule has 2 heterocycles. The SMILES string of the molecule is CC(C)(C)C(O)C(Cc1cn(-c2ccccc2F)nn1)n1cncn1. The van der Waals surface area contributed by atoms with Gasteiger partial charge in [-0.15, -0.1) is 5.10 Å². The fourth-order valence-corrected chi connectivity index (χ4v) is 2.68. The summed E-state index contributed by atoms with van der Waals surface area (Å²) in [6.45, 7) is 5.87. The highest BCUT2D eigenvalue weighted by atomic mass is 19.1. The quantitative estimate of drug-likeness (QED) is 0.767. The van der Waals surface area contributed by atoms with Gasteiger partial charge in [-0.2, -0.15) is 5.10 Å². The number of halogens is 1. The van der Waals surface area contributed by atoms with E-state index in [2.05, 4.69) is 20.4 Å². The van der Waals surface area contributed by atoms with E-state index in [-0.39, 0.29) is 17.3 Å². The average Bonchev–Trinajstić information content (AvgIpc) is 3.23. The van der Waals surface area contributed by atoms with Crippen molar-refractivity contribution in [1.82, 2.24) is 29.8 Å². The van der Waals surface area contributed by atoms with Crippen LogP contribution >= 0.6 is 0 Å². The van der Waals surface area contributed by atoms with Gasteiger partial charge in [-0.05, 0) is 17.5 Å². The van der Waals surface area contributed by atoms with Crippen molar-refractivity contribution in [3.8, 4) is 5.69 Å². The molecule has 0 amide bonds. The first-order valence-electron chi connectivity index (χ1n) is 8.04. The zero-order valence-corrected chi connectivity index (χ0v) is 14.4. The second-order valence-corrected chi connectivity index (χ2v) is 7.06. The second-order valence-electron chi connectivity index (χ2n) is 7.06. The molecule has 3 rings (SSSR count). The zero-order valence-electron chi connectivity index (χ0n) is 14.4. The van der Waals surface area contributed by atoms with Crippen LogP contribution in [0.1, 0.15) is 32.5 Å². The topological polar surface area (TPSA) is 81.6 Å². The van der Waals surface area contributed by atoms with Crippen LogP contribution in [0.25, 0.3) is 5.69 Å². The number of nitrogens with zero attached hydrogens (tertiary/aromatic N) is 6. The van der Waals surface area contributed by atoms with Gasteiger partial charge in [0, 0.05) is 6.42 Å². The molecule has 0 spiro atoms. The standard InChI is InChI=1S/C17H21FN6O/c1-17(2,3)16(25)15(24-11-19-10-20-24)8-12-9-23(22-21-12)14-7-5-4-6-13(14)18/h4-7,9-11,15-16,25H,8H2,1-3H3. The smallest absolute Gasteiger partial charge is 0.148 e. The zero-order chi connectivity index (χ0) is 18.0.